The molecule has 140 valence electrons. The quantitative estimate of drug-likeness (QED) is 0.714. The lowest BCUT2D eigenvalue weighted by atomic mass is 10.1. The fraction of sp³-hybridized carbons (Fsp3) is 0.300. The average molecular weight is 383 g/mol. The molecule has 0 saturated heterocycles. The number of nitrogens with zero attached hydrogens (tertiary/aromatic N) is 2. The fourth-order valence-electron chi connectivity index (χ4n) is 2.95. The maximum Gasteiger partial charge on any atom is 0.268 e. The summed E-state index contributed by atoms with van der Waals surface area (Å²) in [6, 6.07) is 9.63. The van der Waals surface area contributed by atoms with Crippen molar-refractivity contribution >= 4 is 23.2 Å². The van der Waals surface area contributed by atoms with Gasteiger partial charge in [-0.25, -0.2) is 4.98 Å². The van der Waals surface area contributed by atoms with Crippen molar-refractivity contribution < 1.29 is 14.3 Å². The number of anilines is 1. The van der Waals surface area contributed by atoms with Crippen LogP contribution in [0, 0.1) is 5.92 Å². The topological polar surface area (TPSA) is 65.4 Å². The van der Waals surface area contributed by atoms with E-state index in [9.17, 15) is 4.79 Å². The normalized spacial score (nSPS) is 13.0. The minimum atomic E-state index is -0.153. The largest absolute Gasteiger partial charge is 0.486 e. The third kappa shape index (κ3) is 3.83. The van der Waals surface area contributed by atoms with Crippen molar-refractivity contribution in [1.29, 1.82) is 0 Å². The molecule has 1 aliphatic rings. The van der Waals surface area contributed by atoms with Crippen molar-refractivity contribution in [3.05, 3.63) is 47.6 Å². The molecule has 1 aliphatic heterocycles. The summed E-state index contributed by atoms with van der Waals surface area (Å²) in [6.07, 6.45) is 3.58. The van der Waals surface area contributed by atoms with Gasteiger partial charge in [-0.05, 0) is 41.8 Å². The summed E-state index contributed by atoms with van der Waals surface area (Å²) in [7, 11) is 0. The van der Waals surface area contributed by atoms with Crippen LogP contribution >= 0.6 is 11.3 Å². The molecule has 0 fully saturated rings. The number of aromatic nitrogens is 2. The fourth-order valence-corrected chi connectivity index (χ4v) is 3.85. The zero-order chi connectivity index (χ0) is 18.8. The lowest BCUT2D eigenvalue weighted by Crippen LogP contribution is -2.16. The number of nitrogens with one attached hydrogen (secondary N) is 1. The number of benzene rings is 1. The summed E-state index contributed by atoms with van der Waals surface area (Å²) in [5, 5.41) is 2.91. The lowest BCUT2D eigenvalue weighted by molar-refractivity contribution is 0.102. The van der Waals surface area contributed by atoms with Gasteiger partial charge in [0.05, 0.1) is 4.88 Å². The molecule has 0 aliphatic carbocycles. The van der Waals surface area contributed by atoms with Crippen LogP contribution in [0.15, 0.2) is 42.7 Å². The highest BCUT2D eigenvalue weighted by atomic mass is 32.1. The number of carbonyl (C=O) groups is 1. The SMILES string of the molecule is CC(C)Cn1ccnc1NC(=O)c1ccc(-c2ccc3c(c2)OCCO3)s1. The Morgan fingerprint density at radius 1 is 1.22 bits per heavy atom. The third-order valence-electron chi connectivity index (χ3n) is 4.16. The highest BCUT2D eigenvalue weighted by Gasteiger charge is 2.16. The van der Waals surface area contributed by atoms with Crippen LogP contribution in [0.4, 0.5) is 5.95 Å². The molecule has 1 aromatic carbocycles. The van der Waals surface area contributed by atoms with Crippen LogP contribution in [-0.2, 0) is 6.54 Å². The second kappa shape index (κ2) is 7.44. The van der Waals surface area contributed by atoms with E-state index in [1.807, 2.05) is 41.1 Å². The second-order valence-electron chi connectivity index (χ2n) is 6.77. The molecule has 2 aromatic heterocycles. The molecule has 1 N–H and O–H groups in total. The predicted molar refractivity (Wildman–Crippen MR) is 106 cm³/mol. The highest BCUT2D eigenvalue weighted by Crippen LogP contribution is 2.37. The van der Waals surface area contributed by atoms with Gasteiger partial charge in [-0.1, -0.05) is 13.8 Å². The standard InChI is InChI=1S/C20H21N3O3S/c1-13(2)12-23-8-7-21-20(23)22-19(24)18-6-5-17(27-18)14-3-4-15-16(11-14)26-10-9-25-15/h3-8,11,13H,9-10,12H2,1-2H3,(H,21,22,24). The van der Waals surface area contributed by atoms with E-state index in [1.165, 1.54) is 11.3 Å². The minimum Gasteiger partial charge on any atom is -0.486 e. The molecule has 0 unspecified atom stereocenters. The van der Waals surface area contributed by atoms with Crippen LogP contribution in [0.1, 0.15) is 23.5 Å². The highest BCUT2D eigenvalue weighted by molar-refractivity contribution is 7.17. The lowest BCUT2D eigenvalue weighted by Gasteiger charge is -2.18. The molecular formula is C20H21N3O3S. The molecule has 7 heteroatoms. The molecule has 3 heterocycles. The van der Waals surface area contributed by atoms with Gasteiger partial charge >= 0.3 is 0 Å². The first-order valence-corrected chi connectivity index (χ1v) is 9.74. The van der Waals surface area contributed by atoms with E-state index in [0.29, 0.717) is 30.0 Å². The minimum absolute atomic E-state index is 0.153. The monoisotopic (exact) mass is 383 g/mol. The number of amides is 1. The number of ether oxygens (including phenoxy) is 2. The molecule has 0 bridgehead atoms. The van der Waals surface area contributed by atoms with Crippen LogP contribution in [0.5, 0.6) is 11.5 Å². The Balaban J connectivity index is 1.51. The molecular weight excluding hydrogens is 362 g/mol. The van der Waals surface area contributed by atoms with Crippen molar-refractivity contribution in [3.8, 4) is 21.9 Å². The van der Waals surface area contributed by atoms with E-state index >= 15 is 0 Å². The summed E-state index contributed by atoms with van der Waals surface area (Å²) in [5.74, 6) is 2.40. The van der Waals surface area contributed by atoms with Crippen LogP contribution in [0.25, 0.3) is 10.4 Å². The molecule has 0 spiro atoms. The second-order valence-corrected chi connectivity index (χ2v) is 7.86. The molecule has 3 aromatic rings. The van der Waals surface area contributed by atoms with Gasteiger partial charge in [0.2, 0.25) is 5.95 Å². The molecule has 0 radical (unpaired) electrons. The van der Waals surface area contributed by atoms with E-state index in [-0.39, 0.29) is 5.91 Å². The van der Waals surface area contributed by atoms with E-state index in [4.69, 9.17) is 9.47 Å². The first-order valence-electron chi connectivity index (χ1n) is 8.92. The number of hydrogen-bond donors (Lipinski definition) is 1. The Kier molecular flexibility index (Phi) is 4.85. The molecule has 0 atom stereocenters. The number of thiophene rings is 1. The Hall–Kier alpha value is -2.80. The van der Waals surface area contributed by atoms with Gasteiger partial charge in [-0.2, -0.15) is 0 Å². The zero-order valence-corrected chi connectivity index (χ0v) is 16.1. The first kappa shape index (κ1) is 17.6. The van der Waals surface area contributed by atoms with Crippen molar-refractivity contribution in [2.45, 2.75) is 20.4 Å². The maximum atomic E-state index is 12.6. The van der Waals surface area contributed by atoms with Crippen molar-refractivity contribution in [2.24, 2.45) is 5.92 Å². The first-order chi connectivity index (χ1) is 13.1. The Morgan fingerprint density at radius 2 is 2.04 bits per heavy atom. The van der Waals surface area contributed by atoms with Gasteiger partial charge in [0.25, 0.3) is 5.91 Å². The van der Waals surface area contributed by atoms with Gasteiger partial charge in [-0.15, -0.1) is 11.3 Å². The van der Waals surface area contributed by atoms with E-state index in [2.05, 4.69) is 24.1 Å². The number of fused-ring (bicyclic) bond motifs is 1. The van der Waals surface area contributed by atoms with Crippen LogP contribution < -0.4 is 14.8 Å². The Bertz CT molecular complexity index is 961. The third-order valence-corrected chi connectivity index (χ3v) is 5.29. The Morgan fingerprint density at radius 3 is 2.85 bits per heavy atom. The number of rotatable bonds is 5. The van der Waals surface area contributed by atoms with Gasteiger partial charge < -0.3 is 14.0 Å². The zero-order valence-electron chi connectivity index (χ0n) is 15.3. The summed E-state index contributed by atoms with van der Waals surface area (Å²) in [5.41, 5.74) is 1.00. The van der Waals surface area contributed by atoms with Crippen LogP contribution in [-0.4, -0.2) is 28.7 Å². The van der Waals surface area contributed by atoms with E-state index in [1.54, 1.807) is 6.20 Å². The number of carbonyl (C=O) groups excluding carboxylic acids is 1. The molecule has 27 heavy (non-hydrogen) atoms. The van der Waals surface area contributed by atoms with Crippen molar-refractivity contribution in [2.75, 3.05) is 18.5 Å². The van der Waals surface area contributed by atoms with E-state index in [0.717, 1.165) is 28.5 Å². The maximum absolute atomic E-state index is 12.6. The summed E-state index contributed by atoms with van der Waals surface area (Å²) in [4.78, 5) is 18.5. The molecule has 0 saturated carbocycles. The van der Waals surface area contributed by atoms with Gasteiger partial charge in [0.1, 0.15) is 13.2 Å². The molecule has 1 amide bonds. The number of imidazole rings is 1. The van der Waals surface area contributed by atoms with Gasteiger partial charge in [0.15, 0.2) is 11.5 Å². The molecule has 4 rings (SSSR count). The summed E-state index contributed by atoms with van der Waals surface area (Å²) >= 11 is 1.44. The average Bonchev–Trinajstić information content (AvgIpc) is 3.31. The Labute approximate surface area is 161 Å². The van der Waals surface area contributed by atoms with Gasteiger partial charge in [0, 0.05) is 23.8 Å². The smallest absolute Gasteiger partial charge is 0.268 e. The number of hydrogen-bond acceptors (Lipinski definition) is 5. The molecule has 6 nitrogen and oxygen atoms in total. The van der Waals surface area contributed by atoms with Gasteiger partial charge in [-0.3, -0.25) is 10.1 Å². The van der Waals surface area contributed by atoms with E-state index < -0.39 is 0 Å². The van der Waals surface area contributed by atoms with Crippen molar-refractivity contribution in [3.63, 3.8) is 0 Å². The van der Waals surface area contributed by atoms with Crippen LogP contribution in [0.2, 0.25) is 0 Å². The summed E-state index contributed by atoms with van der Waals surface area (Å²) in [6.45, 7) is 6.19. The summed E-state index contributed by atoms with van der Waals surface area (Å²) < 4.78 is 13.2. The van der Waals surface area contributed by atoms with Crippen molar-refractivity contribution in [1.82, 2.24) is 9.55 Å². The predicted octanol–water partition coefficient (Wildman–Crippen LogP) is 4.29. The van der Waals surface area contributed by atoms with Crippen LogP contribution in [0.3, 0.4) is 0 Å².